The van der Waals surface area contributed by atoms with E-state index < -0.39 is 0 Å². The molecular weight excluding hydrogens is 414 g/mol. The number of nitrogens with zero attached hydrogens (tertiary/aromatic N) is 4. The molecular formula is C23H22ClN5S. The van der Waals surface area contributed by atoms with Gasteiger partial charge in [-0.25, -0.2) is 9.97 Å². The van der Waals surface area contributed by atoms with Crippen LogP contribution in [0.4, 0.5) is 17.2 Å². The van der Waals surface area contributed by atoms with Crippen molar-refractivity contribution in [1.29, 1.82) is 0 Å². The Morgan fingerprint density at radius 2 is 1.67 bits per heavy atom. The number of piperazine rings is 1. The van der Waals surface area contributed by atoms with Crippen LogP contribution in [-0.2, 0) is 0 Å². The summed E-state index contributed by atoms with van der Waals surface area (Å²) in [4.78, 5) is 14.8. The maximum Gasteiger partial charge on any atom is 0.143 e. The topological polar surface area (TPSA) is 44.3 Å². The molecule has 1 fully saturated rings. The molecule has 4 aromatic rings. The summed E-state index contributed by atoms with van der Waals surface area (Å²) in [6.45, 7) is 4.33. The maximum atomic E-state index is 6.07. The Bertz CT molecular complexity index is 1150. The van der Waals surface area contributed by atoms with Crippen LogP contribution in [-0.4, -0.2) is 48.1 Å². The van der Waals surface area contributed by atoms with Gasteiger partial charge in [-0.05, 0) is 49.0 Å². The fourth-order valence-corrected chi connectivity index (χ4v) is 4.81. The molecule has 2 aromatic carbocycles. The molecule has 0 atom stereocenters. The highest BCUT2D eigenvalue weighted by molar-refractivity contribution is 7.17. The molecule has 2 aromatic heterocycles. The van der Waals surface area contributed by atoms with Gasteiger partial charge in [-0.15, -0.1) is 11.3 Å². The summed E-state index contributed by atoms with van der Waals surface area (Å²) in [5.41, 5.74) is 4.50. The van der Waals surface area contributed by atoms with Crippen LogP contribution >= 0.6 is 22.9 Å². The molecule has 7 heteroatoms. The number of aromatic nitrogens is 2. The first-order valence-corrected chi connectivity index (χ1v) is 11.2. The monoisotopic (exact) mass is 435 g/mol. The smallest absolute Gasteiger partial charge is 0.143 e. The molecule has 5 rings (SSSR count). The Hall–Kier alpha value is -2.67. The van der Waals surface area contributed by atoms with Crippen molar-refractivity contribution < 1.29 is 0 Å². The fourth-order valence-electron chi connectivity index (χ4n) is 3.77. The van der Waals surface area contributed by atoms with Crippen LogP contribution in [0.3, 0.4) is 0 Å². The summed E-state index contributed by atoms with van der Waals surface area (Å²) in [7, 11) is 2.18. The minimum atomic E-state index is 0.730. The zero-order valence-corrected chi connectivity index (χ0v) is 18.2. The van der Waals surface area contributed by atoms with Crippen molar-refractivity contribution in [3.05, 3.63) is 65.3 Å². The molecule has 0 spiro atoms. The van der Waals surface area contributed by atoms with E-state index in [0.29, 0.717) is 0 Å². The van der Waals surface area contributed by atoms with Gasteiger partial charge in [-0.3, -0.25) is 0 Å². The first kappa shape index (κ1) is 19.3. The molecule has 0 saturated carbocycles. The second-order valence-electron chi connectivity index (χ2n) is 7.52. The Kier molecular flexibility index (Phi) is 5.29. The van der Waals surface area contributed by atoms with Gasteiger partial charge in [0, 0.05) is 53.5 Å². The van der Waals surface area contributed by atoms with Gasteiger partial charge in [0.15, 0.2) is 0 Å². The van der Waals surface area contributed by atoms with E-state index in [1.807, 2.05) is 24.3 Å². The number of hydrogen-bond acceptors (Lipinski definition) is 6. The number of hydrogen-bond donors (Lipinski definition) is 1. The number of nitrogens with one attached hydrogen (secondary N) is 1. The van der Waals surface area contributed by atoms with Crippen LogP contribution in [0, 0.1) is 0 Å². The molecule has 152 valence electrons. The maximum absolute atomic E-state index is 6.07. The third-order valence-electron chi connectivity index (χ3n) is 5.52. The Balaban J connectivity index is 1.43. The van der Waals surface area contributed by atoms with E-state index in [4.69, 9.17) is 11.6 Å². The van der Waals surface area contributed by atoms with Crippen LogP contribution in [0.25, 0.3) is 21.3 Å². The highest BCUT2D eigenvalue weighted by Crippen LogP contribution is 2.37. The van der Waals surface area contributed by atoms with Crippen molar-refractivity contribution in [2.75, 3.05) is 43.4 Å². The quantitative estimate of drug-likeness (QED) is 0.458. The van der Waals surface area contributed by atoms with Crippen molar-refractivity contribution in [2.45, 2.75) is 0 Å². The Morgan fingerprint density at radius 3 is 2.40 bits per heavy atom. The van der Waals surface area contributed by atoms with Crippen LogP contribution in [0.1, 0.15) is 0 Å². The van der Waals surface area contributed by atoms with Gasteiger partial charge in [-0.1, -0.05) is 23.7 Å². The van der Waals surface area contributed by atoms with Crippen molar-refractivity contribution in [3.63, 3.8) is 0 Å². The molecule has 0 unspecified atom stereocenters. The lowest BCUT2D eigenvalue weighted by atomic mass is 10.1. The number of thiophene rings is 1. The van der Waals surface area contributed by atoms with Crippen LogP contribution in [0.15, 0.2) is 60.2 Å². The standard InChI is InChI=1S/C23H22ClN5S/c1-28-10-12-29(13-11-28)19-8-6-18(7-9-19)27-22-21-20(14-30-23(21)26-15-25-22)16-2-4-17(24)5-3-16/h2-9,14-15H,10-13H2,1H3,(H,25,26,27). The summed E-state index contributed by atoms with van der Waals surface area (Å²) >= 11 is 7.69. The summed E-state index contributed by atoms with van der Waals surface area (Å²) in [6.07, 6.45) is 1.62. The fraction of sp³-hybridized carbons (Fsp3) is 0.217. The van der Waals surface area contributed by atoms with Crippen molar-refractivity contribution in [2.24, 2.45) is 0 Å². The number of anilines is 3. The molecule has 0 radical (unpaired) electrons. The molecule has 1 aliphatic rings. The summed E-state index contributed by atoms with van der Waals surface area (Å²) in [5, 5.41) is 7.39. The molecule has 1 aliphatic heterocycles. The highest BCUT2D eigenvalue weighted by atomic mass is 35.5. The van der Waals surface area contributed by atoms with Gasteiger partial charge in [0.1, 0.15) is 17.0 Å². The number of halogens is 1. The largest absolute Gasteiger partial charge is 0.369 e. The van der Waals surface area contributed by atoms with E-state index in [1.165, 1.54) is 5.69 Å². The molecule has 30 heavy (non-hydrogen) atoms. The Morgan fingerprint density at radius 1 is 0.933 bits per heavy atom. The van der Waals surface area contributed by atoms with Crippen molar-refractivity contribution >= 4 is 50.3 Å². The van der Waals surface area contributed by atoms with Crippen molar-refractivity contribution in [3.8, 4) is 11.1 Å². The number of fused-ring (bicyclic) bond motifs is 1. The minimum absolute atomic E-state index is 0.730. The van der Waals surface area contributed by atoms with E-state index in [1.54, 1.807) is 17.7 Å². The summed E-state index contributed by atoms with van der Waals surface area (Å²) < 4.78 is 0. The number of likely N-dealkylation sites (N-methyl/N-ethyl adjacent to an activating group) is 1. The molecule has 0 bridgehead atoms. The van der Waals surface area contributed by atoms with E-state index in [9.17, 15) is 0 Å². The lowest BCUT2D eigenvalue weighted by molar-refractivity contribution is 0.313. The lowest BCUT2D eigenvalue weighted by Gasteiger charge is -2.34. The molecule has 1 N–H and O–H groups in total. The second kappa shape index (κ2) is 8.22. The predicted octanol–water partition coefficient (Wildman–Crippen LogP) is 5.51. The van der Waals surface area contributed by atoms with Crippen molar-refractivity contribution in [1.82, 2.24) is 14.9 Å². The lowest BCUT2D eigenvalue weighted by Crippen LogP contribution is -2.44. The van der Waals surface area contributed by atoms with Gasteiger partial charge in [0.25, 0.3) is 0 Å². The number of benzene rings is 2. The normalized spacial score (nSPS) is 14.9. The first-order chi connectivity index (χ1) is 14.7. The molecule has 0 amide bonds. The summed E-state index contributed by atoms with van der Waals surface area (Å²) in [6, 6.07) is 16.5. The van der Waals surface area contributed by atoms with Gasteiger partial charge in [0.2, 0.25) is 0 Å². The predicted molar refractivity (Wildman–Crippen MR) is 127 cm³/mol. The van der Waals surface area contributed by atoms with Gasteiger partial charge >= 0.3 is 0 Å². The first-order valence-electron chi connectivity index (χ1n) is 9.96. The zero-order chi connectivity index (χ0) is 20.5. The van der Waals surface area contributed by atoms with Gasteiger partial charge in [0.05, 0.1) is 5.39 Å². The van der Waals surface area contributed by atoms with Crippen LogP contribution in [0.2, 0.25) is 5.02 Å². The third kappa shape index (κ3) is 3.86. The minimum Gasteiger partial charge on any atom is -0.369 e. The average Bonchev–Trinajstić information content (AvgIpc) is 3.21. The molecule has 5 nitrogen and oxygen atoms in total. The van der Waals surface area contributed by atoms with Gasteiger partial charge in [-0.2, -0.15) is 0 Å². The zero-order valence-electron chi connectivity index (χ0n) is 16.7. The highest BCUT2D eigenvalue weighted by Gasteiger charge is 2.15. The van der Waals surface area contributed by atoms with Crippen LogP contribution < -0.4 is 10.2 Å². The Labute approximate surface area is 184 Å². The summed E-state index contributed by atoms with van der Waals surface area (Å²) in [5.74, 6) is 0.818. The molecule has 0 aliphatic carbocycles. The van der Waals surface area contributed by atoms with Crippen LogP contribution in [0.5, 0.6) is 0 Å². The van der Waals surface area contributed by atoms with E-state index in [2.05, 4.69) is 61.8 Å². The van der Waals surface area contributed by atoms with E-state index in [-0.39, 0.29) is 0 Å². The third-order valence-corrected chi connectivity index (χ3v) is 6.66. The van der Waals surface area contributed by atoms with E-state index >= 15 is 0 Å². The SMILES string of the molecule is CN1CCN(c2ccc(Nc3ncnc4scc(-c5ccc(Cl)cc5)c34)cc2)CC1. The number of rotatable bonds is 4. The second-order valence-corrected chi connectivity index (χ2v) is 8.82. The molecule has 1 saturated heterocycles. The molecule has 3 heterocycles. The van der Waals surface area contributed by atoms with E-state index in [0.717, 1.165) is 64.1 Å². The average molecular weight is 436 g/mol. The van der Waals surface area contributed by atoms with Gasteiger partial charge < -0.3 is 15.1 Å².